The van der Waals surface area contributed by atoms with Crippen molar-refractivity contribution in [3.63, 3.8) is 0 Å². The van der Waals surface area contributed by atoms with Gasteiger partial charge in [0.2, 0.25) is 0 Å². The number of nitrogens with one attached hydrogen (secondary N) is 1. The molecule has 0 aliphatic carbocycles. The number of benzene rings is 1. The van der Waals surface area contributed by atoms with Gasteiger partial charge in [-0.05, 0) is 45.2 Å². The first-order valence-corrected chi connectivity index (χ1v) is 10.2. The third-order valence-electron chi connectivity index (χ3n) is 4.06. The third-order valence-corrected chi connectivity index (χ3v) is 5.67. The van der Waals surface area contributed by atoms with Crippen molar-refractivity contribution >= 4 is 11.0 Å². The second kappa shape index (κ2) is 8.69. The highest BCUT2D eigenvalue weighted by Gasteiger charge is 2.30. The van der Waals surface area contributed by atoms with Crippen LogP contribution in [0.1, 0.15) is 58.2 Å². The van der Waals surface area contributed by atoms with Crippen LogP contribution in [0.15, 0.2) is 36.7 Å². The topological polar surface area (TPSA) is 54.9 Å². The Balaban J connectivity index is 2.23. The Bertz CT molecular complexity index is 797. The lowest BCUT2D eigenvalue weighted by Gasteiger charge is -2.25. The van der Waals surface area contributed by atoms with Gasteiger partial charge in [-0.1, -0.05) is 26.0 Å². The number of halogens is 3. The van der Waals surface area contributed by atoms with Crippen LogP contribution in [0.4, 0.5) is 13.2 Å². The molecule has 4 nitrogen and oxygen atoms in total. The van der Waals surface area contributed by atoms with Gasteiger partial charge in [0.05, 0.1) is 21.3 Å². The zero-order valence-corrected chi connectivity index (χ0v) is 17.5. The Hall–Kier alpha value is -1.80. The summed E-state index contributed by atoms with van der Waals surface area (Å²) in [5.41, 5.74) is 0.590. The second-order valence-corrected chi connectivity index (χ2v) is 10.1. The maximum atomic E-state index is 12.7. The van der Waals surface area contributed by atoms with E-state index >= 15 is 0 Å². The number of nitrogens with zero attached hydrogens (tertiary/aromatic N) is 2. The van der Waals surface area contributed by atoms with Crippen molar-refractivity contribution in [1.29, 1.82) is 0 Å². The molecular formula is C20H26F3N3OS. The van der Waals surface area contributed by atoms with E-state index in [2.05, 4.69) is 28.5 Å². The first-order valence-electron chi connectivity index (χ1n) is 9.05. The van der Waals surface area contributed by atoms with E-state index in [1.54, 1.807) is 12.4 Å². The van der Waals surface area contributed by atoms with Gasteiger partial charge >= 0.3 is 6.18 Å². The monoisotopic (exact) mass is 413 g/mol. The summed E-state index contributed by atoms with van der Waals surface area (Å²) in [6, 6.07) is 4.57. The minimum atomic E-state index is -4.37. The molecule has 2 rings (SSSR count). The van der Waals surface area contributed by atoms with E-state index < -0.39 is 27.5 Å². The lowest BCUT2D eigenvalue weighted by Crippen LogP contribution is -2.36. The minimum Gasteiger partial charge on any atom is -0.242 e. The summed E-state index contributed by atoms with van der Waals surface area (Å²) in [5, 5.41) is 0. The van der Waals surface area contributed by atoms with E-state index in [0.29, 0.717) is 17.3 Å². The summed E-state index contributed by atoms with van der Waals surface area (Å²) in [4.78, 5) is 8.61. The maximum Gasteiger partial charge on any atom is 0.416 e. The quantitative estimate of drug-likeness (QED) is 0.699. The summed E-state index contributed by atoms with van der Waals surface area (Å²) in [6.45, 7) is 9.84. The molecule has 0 fully saturated rings. The van der Waals surface area contributed by atoms with Crippen LogP contribution in [0.3, 0.4) is 0 Å². The van der Waals surface area contributed by atoms with Crippen LogP contribution in [-0.4, -0.2) is 18.9 Å². The average molecular weight is 414 g/mol. The molecule has 0 saturated heterocycles. The van der Waals surface area contributed by atoms with Crippen molar-refractivity contribution in [2.24, 2.45) is 5.92 Å². The fraction of sp³-hybridized carbons (Fsp3) is 0.500. The van der Waals surface area contributed by atoms with Gasteiger partial charge in [0.1, 0.15) is 0 Å². The van der Waals surface area contributed by atoms with Crippen molar-refractivity contribution in [2.45, 2.75) is 58.0 Å². The van der Waals surface area contributed by atoms with Crippen LogP contribution in [0.2, 0.25) is 0 Å². The average Bonchev–Trinajstić information content (AvgIpc) is 2.59. The minimum absolute atomic E-state index is 0.179. The molecule has 1 N–H and O–H groups in total. The van der Waals surface area contributed by atoms with Crippen molar-refractivity contribution in [3.8, 4) is 11.4 Å². The molecule has 0 aliphatic rings. The molecule has 2 atom stereocenters. The number of hydrogen-bond donors (Lipinski definition) is 1. The number of rotatable bonds is 6. The Morgan fingerprint density at radius 3 is 2.00 bits per heavy atom. The van der Waals surface area contributed by atoms with Gasteiger partial charge in [-0.3, -0.25) is 0 Å². The largest absolute Gasteiger partial charge is 0.416 e. The van der Waals surface area contributed by atoms with Crippen LogP contribution in [0.25, 0.3) is 11.4 Å². The Kier molecular flexibility index (Phi) is 6.98. The molecule has 8 heteroatoms. The highest BCUT2D eigenvalue weighted by molar-refractivity contribution is 7.84. The van der Waals surface area contributed by atoms with Gasteiger partial charge in [0, 0.05) is 29.6 Å². The molecular weight excluding hydrogens is 387 g/mol. The predicted octanol–water partition coefficient (Wildman–Crippen LogP) is 5.30. The van der Waals surface area contributed by atoms with Crippen molar-refractivity contribution < 1.29 is 17.4 Å². The molecule has 154 valence electrons. The van der Waals surface area contributed by atoms with Crippen LogP contribution >= 0.6 is 0 Å². The van der Waals surface area contributed by atoms with Crippen LogP contribution in [0, 0.1) is 5.92 Å². The van der Waals surface area contributed by atoms with Crippen molar-refractivity contribution in [1.82, 2.24) is 14.7 Å². The molecule has 1 aromatic carbocycles. The highest BCUT2D eigenvalue weighted by atomic mass is 32.2. The molecule has 0 bridgehead atoms. The smallest absolute Gasteiger partial charge is 0.242 e. The molecule has 2 aromatic rings. The van der Waals surface area contributed by atoms with Gasteiger partial charge in [0.15, 0.2) is 5.82 Å². The van der Waals surface area contributed by atoms with E-state index in [4.69, 9.17) is 0 Å². The molecule has 2 unspecified atom stereocenters. The molecule has 28 heavy (non-hydrogen) atoms. The predicted molar refractivity (Wildman–Crippen MR) is 106 cm³/mol. The zero-order valence-electron chi connectivity index (χ0n) is 16.7. The summed E-state index contributed by atoms with van der Waals surface area (Å²) < 4.78 is 53.3. The number of hydrogen-bond acceptors (Lipinski definition) is 3. The third kappa shape index (κ3) is 6.10. The van der Waals surface area contributed by atoms with Gasteiger partial charge in [-0.15, -0.1) is 0 Å². The fourth-order valence-electron chi connectivity index (χ4n) is 2.50. The summed E-state index contributed by atoms with van der Waals surface area (Å²) in [6.07, 6.45) is -0.341. The first kappa shape index (κ1) is 22.5. The van der Waals surface area contributed by atoms with Crippen LogP contribution in [-0.2, 0) is 17.2 Å². The van der Waals surface area contributed by atoms with Gasteiger partial charge in [-0.2, -0.15) is 13.2 Å². The van der Waals surface area contributed by atoms with E-state index in [1.165, 1.54) is 12.1 Å². The lowest BCUT2D eigenvalue weighted by atomic mass is 10.00. The van der Waals surface area contributed by atoms with Gasteiger partial charge < -0.3 is 0 Å². The van der Waals surface area contributed by atoms with Crippen LogP contribution in [0.5, 0.6) is 0 Å². The number of alkyl halides is 3. The van der Waals surface area contributed by atoms with Gasteiger partial charge in [-0.25, -0.2) is 18.9 Å². The van der Waals surface area contributed by atoms with E-state index in [9.17, 15) is 17.4 Å². The molecule has 1 heterocycles. The Morgan fingerprint density at radius 2 is 1.57 bits per heavy atom. The van der Waals surface area contributed by atoms with Crippen molar-refractivity contribution in [2.75, 3.05) is 0 Å². The summed E-state index contributed by atoms with van der Waals surface area (Å²) in [5.74, 6) is 0.710. The molecule has 0 amide bonds. The van der Waals surface area contributed by atoms with E-state index in [-0.39, 0.29) is 6.04 Å². The first-order chi connectivity index (χ1) is 12.9. The summed E-state index contributed by atoms with van der Waals surface area (Å²) >= 11 is 0. The molecule has 0 radical (unpaired) electrons. The standard InChI is InChI=1S/C20H26F3N3OS/c1-13(2)10-17(26-28(27)19(3,4)5)15-11-24-18(25-12-15)14-6-8-16(9-7-14)20(21,22)23/h6-9,11-13,17,26H,10H2,1-5H3. The zero-order chi connectivity index (χ0) is 21.1. The fourth-order valence-corrected chi connectivity index (χ4v) is 3.35. The van der Waals surface area contributed by atoms with E-state index in [1.807, 2.05) is 20.8 Å². The van der Waals surface area contributed by atoms with E-state index in [0.717, 1.165) is 24.1 Å². The number of aromatic nitrogens is 2. The molecule has 0 saturated carbocycles. The van der Waals surface area contributed by atoms with Crippen molar-refractivity contribution in [3.05, 3.63) is 47.8 Å². The normalized spacial score (nSPS) is 14.9. The second-order valence-electron chi connectivity index (χ2n) is 8.10. The lowest BCUT2D eigenvalue weighted by molar-refractivity contribution is -0.137. The van der Waals surface area contributed by atoms with Crippen LogP contribution < -0.4 is 4.72 Å². The SMILES string of the molecule is CC(C)CC(NS(=O)C(C)(C)C)c1cnc(-c2ccc(C(F)(F)F)cc2)nc1. The Morgan fingerprint density at radius 1 is 1.04 bits per heavy atom. The highest BCUT2D eigenvalue weighted by Crippen LogP contribution is 2.30. The Labute approximate surface area is 166 Å². The molecule has 0 aliphatic heterocycles. The summed E-state index contributed by atoms with van der Waals surface area (Å²) in [7, 11) is -1.25. The molecule has 1 aromatic heterocycles. The maximum absolute atomic E-state index is 12.7. The molecule has 0 spiro atoms. The van der Waals surface area contributed by atoms with Gasteiger partial charge in [0.25, 0.3) is 0 Å².